The Bertz CT molecular complexity index is 1900. The van der Waals surface area contributed by atoms with Gasteiger partial charge in [-0.15, -0.1) is 0 Å². The molecule has 67 heavy (non-hydrogen) atoms. The first kappa shape index (κ1) is 60.3. The quantitative estimate of drug-likeness (QED) is 0.0282. The summed E-state index contributed by atoms with van der Waals surface area (Å²) in [6.07, 6.45) is -1.71. The molecular formula is C49H71N5O13. The van der Waals surface area contributed by atoms with Crippen LogP contribution < -0.4 is 10.6 Å². The molecule has 1 unspecified atom stereocenters. The molecule has 0 aliphatic rings. The van der Waals surface area contributed by atoms with Gasteiger partial charge in [0.25, 0.3) is 0 Å². The van der Waals surface area contributed by atoms with Crippen LogP contribution in [0.15, 0.2) is 109 Å². The predicted octanol–water partition coefficient (Wildman–Crippen LogP) is 3.58. The zero-order valence-electron chi connectivity index (χ0n) is 40.5. The van der Waals surface area contributed by atoms with Crippen molar-refractivity contribution in [3.63, 3.8) is 0 Å². The predicted molar refractivity (Wildman–Crippen MR) is 254 cm³/mol. The first-order valence-electron chi connectivity index (χ1n) is 21.3. The molecule has 0 spiro atoms. The maximum absolute atomic E-state index is 14.2. The van der Waals surface area contributed by atoms with Crippen LogP contribution in [0.3, 0.4) is 0 Å². The van der Waals surface area contributed by atoms with Crippen molar-refractivity contribution < 1.29 is 62.4 Å². The number of nitrogens with zero attached hydrogens (tertiary/aromatic N) is 3. The van der Waals surface area contributed by atoms with Gasteiger partial charge < -0.3 is 49.4 Å². The summed E-state index contributed by atoms with van der Waals surface area (Å²) in [5.74, 6) is -4.76. The molecule has 0 saturated heterocycles. The highest BCUT2D eigenvalue weighted by Gasteiger charge is 2.38. The maximum Gasteiger partial charge on any atom is 0.333 e. The molecule has 3 N–H and O–H groups in total. The highest BCUT2D eigenvalue weighted by atomic mass is 16.6. The van der Waals surface area contributed by atoms with Gasteiger partial charge in [0, 0.05) is 96.9 Å². The van der Waals surface area contributed by atoms with Crippen molar-refractivity contribution in [3.8, 4) is 0 Å². The van der Waals surface area contributed by atoms with E-state index in [4.69, 9.17) is 18.9 Å². The largest absolute Gasteiger partial charge is 0.461 e. The van der Waals surface area contributed by atoms with Crippen LogP contribution in [0.5, 0.6) is 0 Å². The Morgan fingerprint density at radius 3 is 1.13 bits per heavy atom. The molecule has 18 heteroatoms. The van der Waals surface area contributed by atoms with Crippen LogP contribution in [0.25, 0.3) is 0 Å². The standard InChI is InChI=1S/C49H71N5O13/c1-31(2)40(55)50-19-21-52(42(57)33(5)6)23-25-54(26-24-53(43(58)34(7)8)22-20-51-41(56)32(3)4)44(59)38(15)17-18-39(16)48(63)67-30-49(27-64-45(60)35(9)10,28-65-46(61)36(11)12)29-66-47(62)37(13)14/h45,60H,1,3,5,7,9,11,13,15-30H2,2,4,6,8,10,12,14H3,(H,50,55)(H,51,56). The zero-order valence-corrected chi connectivity index (χ0v) is 40.5. The van der Waals surface area contributed by atoms with E-state index >= 15 is 0 Å². The minimum Gasteiger partial charge on any atom is -0.461 e. The fourth-order valence-electron chi connectivity index (χ4n) is 5.26. The lowest BCUT2D eigenvalue weighted by atomic mass is 9.92. The molecule has 5 amide bonds. The second kappa shape index (κ2) is 29.8. The Morgan fingerprint density at radius 2 is 0.806 bits per heavy atom. The summed E-state index contributed by atoms with van der Waals surface area (Å²) >= 11 is 0. The first-order chi connectivity index (χ1) is 31.1. The van der Waals surface area contributed by atoms with Gasteiger partial charge in [-0.3, -0.25) is 24.0 Å². The summed E-state index contributed by atoms with van der Waals surface area (Å²) in [6.45, 7) is 41.8. The number of aliphatic hydroxyl groups is 1. The Kier molecular flexibility index (Phi) is 26.8. The maximum atomic E-state index is 14.2. The van der Waals surface area contributed by atoms with Crippen LogP contribution in [-0.4, -0.2) is 152 Å². The van der Waals surface area contributed by atoms with Gasteiger partial charge >= 0.3 is 17.9 Å². The van der Waals surface area contributed by atoms with Crippen molar-refractivity contribution in [2.75, 3.05) is 78.8 Å². The number of nitrogens with one attached hydrogen (secondary N) is 2. The SMILES string of the molecule is C=C(C)C(=O)NCCN(CCN(CCN(CCNC(=O)C(=C)C)C(=O)C(=C)C)C(=O)C(=C)CCC(=C)C(=O)OCC(COC(=O)C(=C)C)(COC(=O)C(=C)C)COC(O)C(=C)C)C(=O)C(=C)C. The molecule has 0 heterocycles. The molecule has 0 aromatic rings. The second-order valence-corrected chi connectivity index (χ2v) is 16.5. The van der Waals surface area contributed by atoms with E-state index in [1.54, 1.807) is 0 Å². The molecule has 1 atom stereocenters. The van der Waals surface area contributed by atoms with Crippen LogP contribution in [0, 0.1) is 5.41 Å². The number of esters is 3. The summed E-state index contributed by atoms with van der Waals surface area (Å²) in [5, 5.41) is 15.7. The molecule has 0 aromatic carbocycles. The van der Waals surface area contributed by atoms with Crippen molar-refractivity contribution >= 4 is 47.4 Å². The van der Waals surface area contributed by atoms with Gasteiger partial charge in [-0.05, 0) is 66.9 Å². The zero-order chi connectivity index (χ0) is 51.8. The Morgan fingerprint density at radius 1 is 0.463 bits per heavy atom. The van der Waals surface area contributed by atoms with Gasteiger partial charge in [-0.2, -0.15) is 0 Å². The third-order valence-electron chi connectivity index (χ3n) is 9.50. The van der Waals surface area contributed by atoms with Gasteiger partial charge in [0.05, 0.1) is 12.0 Å². The second-order valence-electron chi connectivity index (χ2n) is 16.5. The average Bonchev–Trinajstić information content (AvgIpc) is 3.26. The number of carbonyl (C=O) groups excluding carboxylic acids is 8. The van der Waals surface area contributed by atoms with E-state index in [-0.39, 0.29) is 115 Å². The van der Waals surface area contributed by atoms with Crippen molar-refractivity contribution in [2.24, 2.45) is 5.41 Å². The molecule has 370 valence electrons. The highest BCUT2D eigenvalue weighted by molar-refractivity contribution is 5.95. The molecule has 0 radical (unpaired) electrons. The van der Waals surface area contributed by atoms with Crippen LogP contribution in [0.4, 0.5) is 0 Å². The number of carbonyl (C=O) groups is 8. The lowest BCUT2D eigenvalue weighted by Gasteiger charge is -2.33. The number of hydrogen-bond donors (Lipinski definition) is 3. The van der Waals surface area contributed by atoms with Gasteiger partial charge in [0.2, 0.25) is 29.5 Å². The van der Waals surface area contributed by atoms with Crippen LogP contribution >= 0.6 is 0 Å². The third kappa shape index (κ3) is 22.9. The number of hydrogen-bond acceptors (Lipinski definition) is 13. The minimum atomic E-state index is -1.56. The van der Waals surface area contributed by atoms with E-state index in [2.05, 4.69) is 69.8 Å². The molecule has 0 aromatic heterocycles. The minimum absolute atomic E-state index is 0.0198. The molecule has 0 aliphatic carbocycles. The normalized spacial score (nSPS) is 11.0. The summed E-state index contributed by atoms with van der Waals surface area (Å²) in [5.41, 5.74) is -0.314. The van der Waals surface area contributed by atoms with Gasteiger partial charge in [-0.25, -0.2) is 14.4 Å². The van der Waals surface area contributed by atoms with Gasteiger partial charge in [0.1, 0.15) is 19.8 Å². The summed E-state index contributed by atoms with van der Waals surface area (Å²) in [6, 6.07) is 0. The van der Waals surface area contributed by atoms with Crippen LogP contribution in [-0.2, 0) is 57.3 Å². The molecule has 0 saturated carbocycles. The van der Waals surface area contributed by atoms with E-state index in [9.17, 15) is 43.5 Å². The lowest BCUT2D eigenvalue weighted by Crippen LogP contribution is -2.48. The summed E-state index contributed by atoms with van der Waals surface area (Å²) in [7, 11) is 0. The van der Waals surface area contributed by atoms with E-state index in [1.807, 2.05) is 0 Å². The van der Waals surface area contributed by atoms with E-state index < -0.39 is 85.6 Å². The fourth-order valence-corrected chi connectivity index (χ4v) is 5.26. The summed E-state index contributed by atoms with van der Waals surface area (Å²) in [4.78, 5) is 107. The van der Waals surface area contributed by atoms with E-state index in [0.717, 1.165) is 0 Å². The molecule has 18 nitrogen and oxygen atoms in total. The average molecular weight is 938 g/mol. The number of amides is 5. The van der Waals surface area contributed by atoms with Gasteiger partial charge in [-0.1, -0.05) is 59.2 Å². The number of rotatable bonds is 33. The Labute approximate surface area is 395 Å². The summed E-state index contributed by atoms with van der Waals surface area (Å²) < 4.78 is 21.9. The van der Waals surface area contributed by atoms with Crippen molar-refractivity contribution in [2.45, 2.75) is 67.6 Å². The van der Waals surface area contributed by atoms with Crippen molar-refractivity contribution in [3.05, 3.63) is 109 Å². The Hall–Kier alpha value is -6.66. The van der Waals surface area contributed by atoms with Crippen LogP contribution in [0.2, 0.25) is 0 Å². The smallest absolute Gasteiger partial charge is 0.333 e. The molecule has 0 aliphatic heterocycles. The van der Waals surface area contributed by atoms with Crippen LogP contribution in [0.1, 0.15) is 61.3 Å². The first-order valence-corrected chi connectivity index (χ1v) is 21.3. The number of ether oxygens (including phenoxy) is 4. The molecule has 0 fully saturated rings. The van der Waals surface area contributed by atoms with E-state index in [1.165, 1.54) is 63.2 Å². The highest BCUT2D eigenvalue weighted by Crippen LogP contribution is 2.25. The van der Waals surface area contributed by atoms with Gasteiger partial charge in [0.15, 0.2) is 6.29 Å². The van der Waals surface area contributed by atoms with Crippen molar-refractivity contribution in [1.82, 2.24) is 25.3 Å². The molecular weight excluding hydrogens is 867 g/mol. The topological polar surface area (TPSA) is 227 Å². The van der Waals surface area contributed by atoms with Crippen molar-refractivity contribution in [1.29, 1.82) is 0 Å². The third-order valence-corrected chi connectivity index (χ3v) is 9.50. The Balaban J connectivity index is 6.52. The fraction of sp³-hybridized carbons (Fsp3) is 0.469. The molecule has 0 rings (SSSR count). The van der Waals surface area contributed by atoms with E-state index in [0.29, 0.717) is 0 Å². The monoisotopic (exact) mass is 938 g/mol. The lowest BCUT2D eigenvalue weighted by molar-refractivity contribution is -0.172. The molecule has 0 bridgehead atoms. The number of aliphatic hydroxyl groups excluding tert-OH is 1.